The maximum absolute atomic E-state index is 13.6. The van der Waals surface area contributed by atoms with E-state index in [9.17, 15) is 22.8 Å². The second-order valence-corrected chi connectivity index (χ2v) is 9.15. The summed E-state index contributed by atoms with van der Waals surface area (Å²) < 4.78 is 40.3. The van der Waals surface area contributed by atoms with Gasteiger partial charge in [0.2, 0.25) is 0 Å². The van der Waals surface area contributed by atoms with Crippen molar-refractivity contribution in [1.82, 2.24) is 5.32 Å². The molecule has 10 heteroatoms. The molecule has 2 N–H and O–H groups in total. The van der Waals surface area contributed by atoms with Gasteiger partial charge < -0.3 is 10.6 Å². The molecule has 4 rings (SSSR count). The molecule has 1 aliphatic heterocycles. The zero-order valence-electron chi connectivity index (χ0n) is 19.6. The van der Waals surface area contributed by atoms with Crippen LogP contribution < -0.4 is 20.4 Å². The number of anilines is 3. The molecule has 1 aliphatic rings. The van der Waals surface area contributed by atoms with Crippen LogP contribution in [0.2, 0.25) is 5.02 Å². The summed E-state index contributed by atoms with van der Waals surface area (Å²) in [4.78, 5) is 29.7. The van der Waals surface area contributed by atoms with Crippen molar-refractivity contribution >= 4 is 40.7 Å². The number of rotatable bonds is 4. The van der Waals surface area contributed by atoms with Gasteiger partial charge in [-0.05, 0) is 53.9 Å². The van der Waals surface area contributed by atoms with Crippen LogP contribution >= 0.6 is 11.6 Å². The van der Waals surface area contributed by atoms with Crippen LogP contribution in [0.25, 0.3) is 0 Å². The Labute approximate surface area is 211 Å². The number of nitrogens with zero attached hydrogens (tertiary/aromatic N) is 2. The molecule has 3 aromatic carbocycles. The van der Waals surface area contributed by atoms with Crippen LogP contribution in [0, 0.1) is 23.4 Å². The molecule has 1 atom stereocenters. The predicted molar refractivity (Wildman–Crippen MR) is 134 cm³/mol. The van der Waals surface area contributed by atoms with Gasteiger partial charge in [-0.2, -0.15) is 0 Å². The van der Waals surface area contributed by atoms with Gasteiger partial charge in [-0.15, -0.1) is 0 Å². The Morgan fingerprint density at radius 1 is 0.944 bits per heavy atom. The summed E-state index contributed by atoms with van der Waals surface area (Å²) in [6.07, 6.45) is 0. The summed E-state index contributed by atoms with van der Waals surface area (Å²) in [5.41, 5.74) is 1.75. The Kier molecular flexibility index (Phi) is 7.40. The number of hydrogen-bond donors (Lipinski definition) is 2. The van der Waals surface area contributed by atoms with E-state index in [2.05, 4.69) is 10.6 Å². The number of nitrogens with one attached hydrogen (secondary N) is 2. The summed E-state index contributed by atoms with van der Waals surface area (Å²) in [7, 11) is 0. The van der Waals surface area contributed by atoms with Crippen LogP contribution in [0.1, 0.15) is 19.4 Å². The lowest BCUT2D eigenvalue weighted by atomic mass is 9.97. The molecule has 0 saturated carbocycles. The average Bonchev–Trinajstić information content (AvgIpc) is 2.85. The van der Waals surface area contributed by atoms with E-state index in [4.69, 9.17) is 11.6 Å². The van der Waals surface area contributed by atoms with Gasteiger partial charge in [-0.1, -0.05) is 43.6 Å². The minimum atomic E-state index is -0.991. The molecule has 4 amide bonds. The number of amides is 4. The molecule has 0 aliphatic carbocycles. The third-order valence-electron chi connectivity index (χ3n) is 5.97. The van der Waals surface area contributed by atoms with Crippen molar-refractivity contribution in [2.24, 2.45) is 5.92 Å². The summed E-state index contributed by atoms with van der Waals surface area (Å²) in [5, 5.41) is 5.38. The van der Waals surface area contributed by atoms with Crippen molar-refractivity contribution in [1.29, 1.82) is 0 Å². The second-order valence-electron chi connectivity index (χ2n) is 8.75. The van der Waals surface area contributed by atoms with Crippen LogP contribution in [-0.2, 0) is 6.54 Å². The van der Waals surface area contributed by atoms with E-state index in [1.54, 1.807) is 29.2 Å². The van der Waals surface area contributed by atoms with E-state index in [0.29, 0.717) is 22.6 Å². The Morgan fingerprint density at radius 3 is 2.31 bits per heavy atom. The number of para-hydroxylation sites is 2. The van der Waals surface area contributed by atoms with E-state index in [0.717, 1.165) is 18.2 Å². The summed E-state index contributed by atoms with van der Waals surface area (Å²) in [5.74, 6) is -2.59. The number of hydrogen-bond acceptors (Lipinski definition) is 2. The lowest BCUT2D eigenvalue weighted by molar-refractivity contribution is 0.239. The Bertz CT molecular complexity index is 1300. The summed E-state index contributed by atoms with van der Waals surface area (Å²) in [6, 6.07) is 13.0. The third-order valence-corrected chi connectivity index (χ3v) is 6.26. The fourth-order valence-electron chi connectivity index (χ4n) is 4.08. The largest absolute Gasteiger partial charge is 0.334 e. The van der Waals surface area contributed by atoms with E-state index < -0.39 is 35.6 Å². The molecule has 188 valence electrons. The number of carbonyl (C=O) groups excluding carboxylic acids is 2. The van der Waals surface area contributed by atoms with Crippen LogP contribution in [0.5, 0.6) is 0 Å². The number of halogens is 4. The summed E-state index contributed by atoms with van der Waals surface area (Å²) in [6.45, 7) is 4.05. The van der Waals surface area contributed by atoms with E-state index >= 15 is 0 Å². The molecule has 0 saturated heterocycles. The highest BCUT2D eigenvalue weighted by Crippen LogP contribution is 2.38. The topological polar surface area (TPSA) is 64.7 Å². The minimum absolute atomic E-state index is 0.00492. The van der Waals surface area contributed by atoms with Gasteiger partial charge in [0.05, 0.1) is 22.4 Å². The first-order valence-electron chi connectivity index (χ1n) is 11.3. The fourth-order valence-corrected chi connectivity index (χ4v) is 4.26. The standard InChI is InChI=1S/C26H24ClF3N4O2/c1-15(2)24-14-33(26(36)32-17-8-10-19(28)18(27)12-17)22-5-3-4-6-23(22)34(24)25(35)31-13-16-7-9-20(29)21(30)11-16/h3-12,15,24H,13-14H2,1-2H3,(H,31,35)(H,32,36). The third kappa shape index (κ3) is 5.26. The van der Waals surface area contributed by atoms with Crippen molar-refractivity contribution in [3.63, 3.8) is 0 Å². The van der Waals surface area contributed by atoms with Crippen molar-refractivity contribution in [3.8, 4) is 0 Å². The quantitative estimate of drug-likeness (QED) is 0.413. The fraction of sp³-hybridized carbons (Fsp3) is 0.231. The molecule has 0 fully saturated rings. The number of carbonyl (C=O) groups is 2. The molecule has 0 spiro atoms. The normalized spacial score (nSPS) is 15.0. The van der Waals surface area contributed by atoms with Gasteiger partial charge in [0, 0.05) is 18.8 Å². The van der Waals surface area contributed by atoms with Crippen LogP contribution in [0.4, 0.5) is 39.8 Å². The summed E-state index contributed by atoms with van der Waals surface area (Å²) >= 11 is 5.84. The molecule has 0 aromatic heterocycles. The molecule has 1 heterocycles. The molecule has 6 nitrogen and oxygen atoms in total. The Balaban J connectivity index is 1.59. The predicted octanol–water partition coefficient (Wildman–Crippen LogP) is 6.55. The van der Waals surface area contributed by atoms with Crippen LogP contribution in [0.15, 0.2) is 60.7 Å². The van der Waals surface area contributed by atoms with Crippen LogP contribution in [-0.4, -0.2) is 24.6 Å². The Morgan fingerprint density at radius 2 is 1.64 bits per heavy atom. The van der Waals surface area contributed by atoms with Gasteiger partial charge in [-0.3, -0.25) is 9.80 Å². The first kappa shape index (κ1) is 25.4. The number of urea groups is 2. The molecule has 1 unspecified atom stereocenters. The lowest BCUT2D eigenvalue weighted by Crippen LogP contribution is -2.58. The molecule has 36 heavy (non-hydrogen) atoms. The van der Waals surface area contributed by atoms with Crippen molar-refractivity contribution in [3.05, 3.63) is 88.7 Å². The maximum atomic E-state index is 13.6. The monoisotopic (exact) mass is 516 g/mol. The zero-order chi connectivity index (χ0) is 26.0. The van der Waals surface area contributed by atoms with E-state index in [-0.39, 0.29) is 24.0 Å². The maximum Gasteiger partial charge on any atom is 0.326 e. The smallest absolute Gasteiger partial charge is 0.326 e. The van der Waals surface area contributed by atoms with Gasteiger partial charge in [0.25, 0.3) is 0 Å². The SMILES string of the molecule is CC(C)C1CN(C(=O)Nc2ccc(F)c(Cl)c2)c2ccccc2N1C(=O)NCc1ccc(F)c(F)c1. The highest BCUT2D eigenvalue weighted by molar-refractivity contribution is 6.31. The second kappa shape index (κ2) is 10.5. The van der Waals surface area contributed by atoms with Gasteiger partial charge in [0.1, 0.15) is 5.82 Å². The number of fused-ring (bicyclic) bond motifs is 1. The van der Waals surface area contributed by atoms with Gasteiger partial charge in [-0.25, -0.2) is 22.8 Å². The highest BCUT2D eigenvalue weighted by Gasteiger charge is 2.38. The molecule has 3 aromatic rings. The average molecular weight is 517 g/mol. The lowest BCUT2D eigenvalue weighted by Gasteiger charge is -2.44. The van der Waals surface area contributed by atoms with Gasteiger partial charge in [0.15, 0.2) is 11.6 Å². The van der Waals surface area contributed by atoms with Crippen molar-refractivity contribution in [2.75, 3.05) is 21.7 Å². The van der Waals surface area contributed by atoms with E-state index in [1.165, 1.54) is 23.1 Å². The van der Waals surface area contributed by atoms with Crippen LogP contribution in [0.3, 0.4) is 0 Å². The number of benzene rings is 3. The first-order chi connectivity index (χ1) is 17.2. The highest BCUT2D eigenvalue weighted by atomic mass is 35.5. The van der Waals surface area contributed by atoms with Crippen molar-refractivity contribution < 1.29 is 22.8 Å². The molecule has 0 radical (unpaired) electrons. The molecular formula is C26H24ClF3N4O2. The van der Waals surface area contributed by atoms with E-state index in [1.807, 2.05) is 13.8 Å². The van der Waals surface area contributed by atoms with Gasteiger partial charge >= 0.3 is 12.1 Å². The first-order valence-corrected chi connectivity index (χ1v) is 11.7. The Hall–Kier alpha value is -3.72. The molecule has 0 bridgehead atoms. The minimum Gasteiger partial charge on any atom is -0.334 e. The molecular weight excluding hydrogens is 493 g/mol. The zero-order valence-corrected chi connectivity index (χ0v) is 20.3. The van der Waals surface area contributed by atoms with Crippen molar-refractivity contribution in [2.45, 2.75) is 26.4 Å².